The zero-order valence-corrected chi connectivity index (χ0v) is 16.3. The van der Waals surface area contributed by atoms with E-state index in [1.165, 1.54) is 31.2 Å². The van der Waals surface area contributed by atoms with Gasteiger partial charge in [0.1, 0.15) is 18.5 Å². The molecule has 146 valence electrons. The Kier molecular flexibility index (Phi) is 7.74. The van der Waals surface area contributed by atoms with Crippen LogP contribution in [0, 0.1) is 0 Å². The van der Waals surface area contributed by atoms with E-state index in [2.05, 4.69) is 39.9 Å². The number of benzene rings is 1. The van der Waals surface area contributed by atoms with Crippen LogP contribution in [0.4, 0.5) is 0 Å². The van der Waals surface area contributed by atoms with Crippen molar-refractivity contribution in [3.8, 4) is 5.75 Å². The third-order valence-electron chi connectivity index (χ3n) is 5.51. The molecule has 0 spiro atoms. The molecule has 0 bridgehead atoms. The van der Waals surface area contributed by atoms with Crippen LogP contribution in [0.1, 0.15) is 31.2 Å². The van der Waals surface area contributed by atoms with Crippen molar-refractivity contribution < 1.29 is 9.84 Å². The minimum absolute atomic E-state index is 0.370. The van der Waals surface area contributed by atoms with Crippen LogP contribution in [0.25, 0.3) is 0 Å². The zero-order valence-electron chi connectivity index (χ0n) is 16.3. The van der Waals surface area contributed by atoms with Crippen LogP contribution in [-0.2, 0) is 6.54 Å². The highest BCUT2D eigenvalue weighted by Crippen LogP contribution is 2.16. The summed E-state index contributed by atoms with van der Waals surface area (Å²) in [5.41, 5.74) is 1.29. The molecular weight excluding hydrogens is 326 g/mol. The van der Waals surface area contributed by atoms with Gasteiger partial charge >= 0.3 is 0 Å². The Morgan fingerprint density at radius 1 is 0.962 bits per heavy atom. The van der Waals surface area contributed by atoms with Gasteiger partial charge in [-0.1, -0.05) is 25.0 Å². The summed E-state index contributed by atoms with van der Waals surface area (Å²) in [5, 5.41) is 10.3. The van der Waals surface area contributed by atoms with Gasteiger partial charge in [-0.2, -0.15) is 0 Å². The van der Waals surface area contributed by atoms with E-state index in [0.29, 0.717) is 6.61 Å². The fourth-order valence-corrected chi connectivity index (χ4v) is 3.86. The zero-order chi connectivity index (χ0) is 18.2. The third-order valence-corrected chi connectivity index (χ3v) is 5.51. The molecule has 0 aliphatic carbocycles. The Bertz CT molecular complexity index is 524. The van der Waals surface area contributed by atoms with E-state index >= 15 is 0 Å². The summed E-state index contributed by atoms with van der Waals surface area (Å²) in [6, 6.07) is 8.34. The van der Waals surface area contributed by atoms with E-state index in [-0.39, 0.29) is 0 Å². The maximum Gasteiger partial charge on any atom is 0.119 e. The molecule has 1 aromatic rings. The maximum atomic E-state index is 10.3. The fourth-order valence-electron chi connectivity index (χ4n) is 3.86. The van der Waals surface area contributed by atoms with Gasteiger partial charge in [0.25, 0.3) is 0 Å². The van der Waals surface area contributed by atoms with Gasteiger partial charge in [-0.3, -0.25) is 4.90 Å². The second-order valence-electron chi connectivity index (χ2n) is 7.91. The lowest BCUT2D eigenvalue weighted by molar-refractivity contribution is 0.0693. The Labute approximate surface area is 158 Å². The van der Waals surface area contributed by atoms with E-state index in [1.54, 1.807) is 0 Å². The SMILES string of the molecule is CN1CCN(Cc2cccc(OC[C@@H](O)CN3CCCCCC3)c2)CC1. The van der Waals surface area contributed by atoms with Gasteiger partial charge in [-0.25, -0.2) is 0 Å². The molecule has 2 saturated heterocycles. The molecule has 2 aliphatic heterocycles. The Morgan fingerprint density at radius 3 is 2.42 bits per heavy atom. The van der Waals surface area contributed by atoms with E-state index in [0.717, 1.165) is 58.1 Å². The first-order valence-corrected chi connectivity index (χ1v) is 10.2. The predicted molar refractivity (Wildman–Crippen MR) is 106 cm³/mol. The number of likely N-dealkylation sites (N-methyl/N-ethyl adjacent to an activating group) is 1. The summed E-state index contributed by atoms with van der Waals surface area (Å²) >= 11 is 0. The normalized spacial score (nSPS) is 22.1. The molecule has 5 nitrogen and oxygen atoms in total. The Morgan fingerprint density at radius 2 is 1.69 bits per heavy atom. The molecule has 0 unspecified atom stereocenters. The van der Waals surface area contributed by atoms with Crippen molar-refractivity contribution in [2.75, 3.05) is 59.5 Å². The average molecular weight is 362 g/mol. The number of rotatable bonds is 7. The summed E-state index contributed by atoms with van der Waals surface area (Å²) in [6.07, 6.45) is 4.73. The van der Waals surface area contributed by atoms with E-state index in [9.17, 15) is 5.11 Å². The van der Waals surface area contributed by atoms with E-state index in [4.69, 9.17) is 4.74 Å². The fraction of sp³-hybridized carbons (Fsp3) is 0.714. The quantitative estimate of drug-likeness (QED) is 0.805. The van der Waals surface area contributed by atoms with Gasteiger partial charge in [0.2, 0.25) is 0 Å². The number of likely N-dealkylation sites (tertiary alicyclic amines) is 1. The number of aliphatic hydroxyl groups excluding tert-OH is 1. The third kappa shape index (κ3) is 6.54. The molecule has 2 aliphatic rings. The van der Waals surface area contributed by atoms with Gasteiger partial charge in [0.05, 0.1) is 0 Å². The van der Waals surface area contributed by atoms with Crippen molar-refractivity contribution >= 4 is 0 Å². The van der Waals surface area contributed by atoms with Crippen molar-refractivity contribution in [3.63, 3.8) is 0 Å². The van der Waals surface area contributed by atoms with Crippen LogP contribution in [0.2, 0.25) is 0 Å². The molecule has 0 amide bonds. The van der Waals surface area contributed by atoms with Crippen molar-refractivity contribution in [3.05, 3.63) is 29.8 Å². The first-order valence-electron chi connectivity index (χ1n) is 10.2. The van der Waals surface area contributed by atoms with Crippen LogP contribution < -0.4 is 4.74 Å². The van der Waals surface area contributed by atoms with Gasteiger partial charge in [-0.05, 0) is 50.7 Å². The Hall–Kier alpha value is -1.14. The number of aliphatic hydroxyl groups is 1. The highest BCUT2D eigenvalue weighted by Gasteiger charge is 2.16. The molecule has 1 atom stereocenters. The van der Waals surface area contributed by atoms with Gasteiger partial charge in [-0.15, -0.1) is 0 Å². The minimum atomic E-state index is -0.422. The van der Waals surface area contributed by atoms with E-state index in [1.807, 2.05) is 6.07 Å². The minimum Gasteiger partial charge on any atom is -0.491 e. The summed E-state index contributed by atoms with van der Waals surface area (Å²) in [6.45, 7) is 8.80. The van der Waals surface area contributed by atoms with Crippen LogP contribution in [0.5, 0.6) is 5.75 Å². The molecule has 2 fully saturated rings. The Balaban J connectivity index is 1.42. The molecule has 5 heteroatoms. The topological polar surface area (TPSA) is 39.2 Å². The summed E-state index contributed by atoms with van der Waals surface area (Å²) < 4.78 is 5.88. The smallest absolute Gasteiger partial charge is 0.119 e. The molecule has 0 aromatic heterocycles. The molecule has 26 heavy (non-hydrogen) atoms. The highest BCUT2D eigenvalue weighted by molar-refractivity contribution is 5.28. The van der Waals surface area contributed by atoms with Crippen molar-refractivity contribution in [1.29, 1.82) is 0 Å². The van der Waals surface area contributed by atoms with Gasteiger partial charge < -0.3 is 19.6 Å². The summed E-state index contributed by atoms with van der Waals surface area (Å²) in [5.74, 6) is 0.867. The molecule has 1 aromatic carbocycles. The lowest BCUT2D eigenvalue weighted by atomic mass is 10.2. The summed E-state index contributed by atoms with van der Waals surface area (Å²) in [4.78, 5) is 7.25. The summed E-state index contributed by atoms with van der Waals surface area (Å²) in [7, 11) is 2.18. The first-order chi connectivity index (χ1) is 12.7. The highest BCUT2D eigenvalue weighted by atomic mass is 16.5. The van der Waals surface area contributed by atoms with Crippen LogP contribution in [0.3, 0.4) is 0 Å². The first kappa shape index (κ1) is 19.6. The van der Waals surface area contributed by atoms with Crippen LogP contribution >= 0.6 is 0 Å². The second kappa shape index (κ2) is 10.3. The molecule has 2 heterocycles. The number of ether oxygens (including phenoxy) is 1. The number of hydrogen-bond acceptors (Lipinski definition) is 5. The largest absolute Gasteiger partial charge is 0.491 e. The lowest BCUT2D eigenvalue weighted by Gasteiger charge is -2.32. The average Bonchev–Trinajstić information content (AvgIpc) is 2.91. The van der Waals surface area contributed by atoms with Crippen molar-refractivity contribution in [2.45, 2.75) is 38.3 Å². The second-order valence-corrected chi connectivity index (χ2v) is 7.91. The van der Waals surface area contributed by atoms with Gasteiger partial charge in [0, 0.05) is 39.3 Å². The predicted octanol–water partition coefficient (Wildman–Crippen LogP) is 2.05. The molecule has 1 N–H and O–H groups in total. The standard InChI is InChI=1S/C21H35N3O2/c1-22-11-13-24(14-12-22)16-19-7-6-8-21(15-19)26-18-20(25)17-23-9-4-2-3-5-10-23/h6-8,15,20,25H,2-5,9-14,16-18H2,1H3/t20-/m0/s1. The van der Waals surface area contributed by atoms with Crippen LogP contribution in [-0.4, -0.2) is 85.4 Å². The molecule has 3 rings (SSSR count). The van der Waals surface area contributed by atoms with Crippen molar-refractivity contribution in [1.82, 2.24) is 14.7 Å². The molecule has 0 radical (unpaired) electrons. The van der Waals surface area contributed by atoms with E-state index < -0.39 is 6.10 Å². The number of nitrogens with zero attached hydrogens (tertiary/aromatic N) is 3. The number of β-amino-alcohol motifs (C(OH)–C–C–N with tert-alkyl or cyclic N) is 1. The van der Waals surface area contributed by atoms with Crippen LogP contribution in [0.15, 0.2) is 24.3 Å². The monoisotopic (exact) mass is 361 g/mol. The molecular formula is C21H35N3O2. The molecule has 0 saturated carbocycles. The van der Waals surface area contributed by atoms with Crippen molar-refractivity contribution in [2.24, 2.45) is 0 Å². The number of hydrogen-bond donors (Lipinski definition) is 1. The maximum absolute atomic E-state index is 10.3. The number of piperazine rings is 1. The lowest BCUT2D eigenvalue weighted by Crippen LogP contribution is -2.43. The van der Waals surface area contributed by atoms with Gasteiger partial charge in [0.15, 0.2) is 0 Å².